The molecule has 2 aliphatic rings. The average molecular weight is 553 g/mol. The summed E-state index contributed by atoms with van der Waals surface area (Å²) in [6.07, 6.45) is 8.74. The van der Waals surface area contributed by atoms with Gasteiger partial charge in [-0.3, -0.25) is 9.48 Å². The van der Waals surface area contributed by atoms with Gasteiger partial charge in [0.25, 0.3) is 10.0 Å². The van der Waals surface area contributed by atoms with E-state index in [4.69, 9.17) is 0 Å². The van der Waals surface area contributed by atoms with E-state index in [0.29, 0.717) is 30.7 Å². The van der Waals surface area contributed by atoms with Gasteiger partial charge in [0.2, 0.25) is 5.78 Å². The molecule has 12 heteroatoms. The lowest BCUT2D eigenvalue weighted by molar-refractivity contribution is 0.0752. The fourth-order valence-electron chi connectivity index (χ4n) is 5.60. The van der Waals surface area contributed by atoms with Gasteiger partial charge in [0.15, 0.2) is 10.0 Å². The highest BCUT2D eigenvalue weighted by Crippen LogP contribution is 2.51. The highest BCUT2D eigenvalue weighted by molar-refractivity contribution is 7.89. The molecule has 2 atom stereocenters. The van der Waals surface area contributed by atoms with E-state index in [0.717, 1.165) is 22.5 Å². The number of carbonyl (C=O) groups is 1. The Bertz CT molecular complexity index is 1660. The van der Waals surface area contributed by atoms with Crippen molar-refractivity contribution < 1.29 is 17.6 Å². The van der Waals surface area contributed by atoms with Crippen LogP contribution in [0.25, 0.3) is 11.8 Å². The number of allylic oxidation sites excluding steroid dienone is 1. The number of carbonyl (C=O) groups excluding carboxylic acids is 1. The summed E-state index contributed by atoms with van der Waals surface area (Å²) in [6, 6.07) is 7.18. The molecule has 0 bridgehead atoms. The van der Waals surface area contributed by atoms with Crippen molar-refractivity contribution >= 4 is 33.2 Å². The number of rotatable bonds is 6. The van der Waals surface area contributed by atoms with Crippen molar-refractivity contribution in [1.82, 2.24) is 28.9 Å². The lowest BCUT2D eigenvalue weighted by Gasteiger charge is -2.45. The summed E-state index contributed by atoms with van der Waals surface area (Å²) in [5.41, 5.74) is 2.44. The number of halogens is 1. The Morgan fingerprint density at radius 3 is 2.71 bits per heavy atom. The van der Waals surface area contributed by atoms with Crippen LogP contribution in [0.3, 0.4) is 0 Å². The van der Waals surface area contributed by atoms with Crippen molar-refractivity contribution in [3.8, 4) is 5.69 Å². The lowest BCUT2D eigenvalue weighted by Crippen LogP contribution is -2.49. The zero-order valence-electron chi connectivity index (χ0n) is 20.8. The van der Waals surface area contributed by atoms with Gasteiger partial charge in [-0.25, -0.2) is 22.5 Å². The third kappa shape index (κ3) is 3.94. The van der Waals surface area contributed by atoms with Crippen molar-refractivity contribution in [1.29, 1.82) is 0 Å². The first kappa shape index (κ1) is 24.8. The van der Waals surface area contributed by atoms with E-state index in [-0.39, 0.29) is 16.6 Å². The van der Waals surface area contributed by atoms with Crippen LogP contribution in [-0.2, 0) is 23.5 Å². The van der Waals surface area contributed by atoms with Crippen LogP contribution in [0.4, 0.5) is 4.39 Å². The molecule has 4 aromatic rings. The number of hydrogen-bond acceptors (Lipinski definition) is 7. The largest absolute Gasteiger partial charge is 0.290 e. The molecule has 0 unspecified atom stereocenters. The summed E-state index contributed by atoms with van der Waals surface area (Å²) >= 11 is 1.29. The summed E-state index contributed by atoms with van der Waals surface area (Å²) in [5, 5.41) is 10.8. The quantitative estimate of drug-likeness (QED) is 0.337. The predicted octanol–water partition coefficient (Wildman–Crippen LogP) is 3.88. The Morgan fingerprint density at radius 1 is 1.24 bits per heavy atom. The third-order valence-corrected chi connectivity index (χ3v) is 10.2. The minimum Gasteiger partial charge on any atom is -0.290 e. The summed E-state index contributed by atoms with van der Waals surface area (Å²) in [4.78, 5) is 18.4. The van der Waals surface area contributed by atoms with Gasteiger partial charge in [0, 0.05) is 37.9 Å². The number of benzene rings is 1. The van der Waals surface area contributed by atoms with E-state index in [2.05, 4.69) is 15.2 Å². The van der Waals surface area contributed by atoms with Crippen LogP contribution in [0, 0.1) is 11.2 Å². The van der Waals surface area contributed by atoms with Crippen LogP contribution in [-0.4, -0.2) is 56.1 Å². The second-order valence-electron chi connectivity index (χ2n) is 9.78. The topological polar surface area (TPSA) is 103 Å². The van der Waals surface area contributed by atoms with E-state index in [1.165, 1.54) is 38.5 Å². The fourth-order valence-corrected chi connectivity index (χ4v) is 7.60. The van der Waals surface area contributed by atoms with Gasteiger partial charge >= 0.3 is 0 Å². The maximum Gasteiger partial charge on any atom is 0.262 e. The predicted molar refractivity (Wildman–Crippen MR) is 140 cm³/mol. The van der Waals surface area contributed by atoms with Crippen molar-refractivity contribution in [2.24, 2.45) is 12.5 Å². The second kappa shape index (κ2) is 9.07. The van der Waals surface area contributed by atoms with Crippen LogP contribution in [0.15, 0.2) is 64.9 Å². The molecule has 1 fully saturated rings. The number of sulfonamides is 1. The molecule has 0 radical (unpaired) electrons. The van der Waals surface area contributed by atoms with Crippen molar-refractivity contribution in [2.45, 2.75) is 36.8 Å². The molecule has 3 heterocycles. The number of hydrogen-bond donors (Lipinski definition) is 0. The van der Waals surface area contributed by atoms with Gasteiger partial charge in [-0.1, -0.05) is 5.57 Å². The van der Waals surface area contributed by atoms with Crippen LogP contribution >= 0.6 is 11.3 Å². The Morgan fingerprint density at radius 2 is 2.03 bits per heavy atom. The number of ketones is 1. The third-order valence-electron chi connectivity index (χ3n) is 7.61. The molecule has 0 amide bonds. The summed E-state index contributed by atoms with van der Waals surface area (Å²) in [5.74, 6) is -0.434. The van der Waals surface area contributed by atoms with Crippen molar-refractivity contribution in [3.63, 3.8) is 0 Å². The molecule has 2 aliphatic carbocycles. The van der Waals surface area contributed by atoms with Crippen LogP contribution < -0.4 is 0 Å². The SMILES string of the molecule is CN([C@H]1CCC2=Cc3c(cnn3-c3ccc(F)cc3)C[C@]2(C(=O)c2nccs2)C1)S(=O)(=O)c1ccn(C)n1. The Labute approximate surface area is 223 Å². The Kier molecular flexibility index (Phi) is 5.93. The molecule has 1 aromatic carbocycles. The number of aromatic nitrogens is 5. The molecule has 0 spiro atoms. The molecule has 1 saturated carbocycles. The van der Waals surface area contributed by atoms with Gasteiger partial charge < -0.3 is 0 Å². The highest BCUT2D eigenvalue weighted by atomic mass is 32.2. The smallest absolute Gasteiger partial charge is 0.262 e. The van der Waals surface area contributed by atoms with Crippen LogP contribution in [0.2, 0.25) is 0 Å². The zero-order valence-corrected chi connectivity index (χ0v) is 22.4. The zero-order chi connectivity index (χ0) is 26.7. The molecule has 0 N–H and O–H groups in total. The van der Waals surface area contributed by atoms with Gasteiger partial charge in [0.05, 0.1) is 23.0 Å². The molecule has 196 valence electrons. The van der Waals surface area contributed by atoms with Crippen molar-refractivity contribution in [3.05, 3.63) is 82.0 Å². The fraction of sp³-hybridized carbons (Fsp3) is 0.308. The molecule has 0 aliphatic heterocycles. The van der Waals surface area contributed by atoms with Crippen LogP contribution in [0.5, 0.6) is 0 Å². The molecular formula is C26H25FN6O3S2. The maximum atomic E-state index is 14.1. The first-order valence-corrected chi connectivity index (χ1v) is 14.5. The van der Waals surface area contributed by atoms with Gasteiger partial charge in [-0.15, -0.1) is 11.3 Å². The summed E-state index contributed by atoms with van der Waals surface area (Å²) in [7, 11) is -0.615. The minimum atomic E-state index is -3.85. The van der Waals surface area contributed by atoms with Gasteiger partial charge in [-0.2, -0.15) is 14.5 Å². The molecule has 0 saturated heterocycles. The van der Waals surface area contributed by atoms with Gasteiger partial charge in [-0.05, 0) is 67.7 Å². The second-order valence-corrected chi connectivity index (χ2v) is 12.6. The molecule has 38 heavy (non-hydrogen) atoms. The molecule has 9 nitrogen and oxygen atoms in total. The Hall–Kier alpha value is -3.48. The number of aryl methyl sites for hydroxylation is 1. The van der Waals surface area contributed by atoms with Gasteiger partial charge in [0.1, 0.15) is 5.82 Å². The summed E-state index contributed by atoms with van der Waals surface area (Å²) in [6.45, 7) is 0. The Balaban J connectivity index is 1.40. The normalized spacial score (nSPS) is 21.2. The first-order chi connectivity index (χ1) is 18.2. The standard InChI is InChI=1S/C26H25FN6O3S2/c1-31-11-9-23(30-31)38(35,36)32(2)21-6-3-18-13-22-17(16-29-33(22)20-7-4-19(27)5-8-20)14-26(18,15-21)24(34)25-28-10-12-37-25/h4-5,7-13,16,21H,3,6,14-15H2,1-2H3/t21-,26-/m0/s1. The highest BCUT2D eigenvalue weighted by Gasteiger charge is 2.51. The average Bonchev–Trinajstić information content (AvgIpc) is 3.68. The number of Topliss-reactive ketones (excluding diaryl/α,β-unsaturated/α-hetero) is 1. The molecule has 6 rings (SSSR count). The summed E-state index contributed by atoms with van der Waals surface area (Å²) < 4.78 is 44.9. The minimum absolute atomic E-state index is 0.0179. The number of nitrogens with zero attached hydrogens (tertiary/aromatic N) is 6. The van der Waals surface area contributed by atoms with E-state index >= 15 is 0 Å². The number of fused-ring (bicyclic) bond motifs is 2. The van der Waals surface area contributed by atoms with E-state index in [1.807, 2.05) is 6.08 Å². The molecule has 3 aromatic heterocycles. The first-order valence-electron chi connectivity index (χ1n) is 12.1. The van der Waals surface area contributed by atoms with E-state index in [9.17, 15) is 17.6 Å². The van der Waals surface area contributed by atoms with E-state index < -0.39 is 21.5 Å². The monoisotopic (exact) mass is 552 g/mol. The maximum absolute atomic E-state index is 14.1. The molecular weight excluding hydrogens is 527 g/mol. The van der Waals surface area contributed by atoms with Crippen molar-refractivity contribution in [2.75, 3.05) is 7.05 Å². The van der Waals surface area contributed by atoms with E-state index in [1.54, 1.807) is 54.9 Å². The number of thiazole rings is 1. The lowest BCUT2D eigenvalue weighted by atomic mass is 9.61. The van der Waals surface area contributed by atoms with Crippen LogP contribution in [0.1, 0.15) is 40.3 Å².